The van der Waals surface area contributed by atoms with E-state index < -0.39 is 0 Å². The van der Waals surface area contributed by atoms with Gasteiger partial charge >= 0.3 is 0 Å². The van der Waals surface area contributed by atoms with Crippen LogP contribution in [0.15, 0.2) is 0 Å². The minimum atomic E-state index is 0.283. The molecule has 94 valence electrons. The summed E-state index contributed by atoms with van der Waals surface area (Å²) < 4.78 is 11.0. The fourth-order valence-corrected chi connectivity index (χ4v) is 2.93. The molecule has 2 rings (SSSR count). The number of hydrogen-bond acceptors (Lipinski definition) is 3. The van der Waals surface area contributed by atoms with Gasteiger partial charge in [-0.25, -0.2) is 0 Å². The molecule has 2 aliphatic rings. The average molecular weight is 227 g/mol. The first-order valence-electron chi connectivity index (χ1n) is 6.48. The third-order valence-electron chi connectivity index (χ3n) is 4.40. The molecule has 0 saturated heterocycles. The summed E-state index contributed by atoms with van der Waals surface area (Å²) in [6.45, 7) is 7.50. The van der Waals surface area contributed by atoms with Crippen LogP contribution < -0.4 is 5.32 Å². The van der Waals surface area contributed by atoms with E-state index in [2.05, 4.69) is 26.1 Å². The van der Waals surface area contributed by atoms with Crippen LogP contribution in [0.5, 0.6) is 0 Å². The zero-order valence-electron chi connectivity index (χ0n) is 11.0. The largest absolute Gasteiger partial charge is 0.381 e. The standard InChI is InChI=1S/C13H25NO2/c1-5-16-10-6-9(7-10)14-11-8-12(15-4)13(11,2)3/h9-12,14H,5-8H2,1-4H3. The first-order chi connectivity index (χ1) is 7.57. The molecule has 1 N–H and O–H groups in total. The number of nitrogens with one attached hydrogen (secondary N) is 1. The molecule has 2 atom stereocenters. The highest BCUT2D eigenvalue weighted by molar-refractivity contribution is 5.05. The first-order valence-corrected chi connectivity index (χ1v) is 6.48. The minimum Gasteiger partial charge on any atom is -0.381 e. The fourth-order valence-electron chi connectivity index (χ4n) is 2.93. The van der Waals surface area contributed by atoms with Crippen LogP contribution in [0, 0.1) is 5.41 Å². The number of hydrogen-bond donors (Lipinski definition) is 1. The van der Waals surface area contributed by atoms with Crippen molar-refractivity contribution in [3.63, 3.8) is 0 Å². The lowest BCUT2D eigenvalue weighted by atomic mass is 9.64. The molecule has 3 heteroatoms. The summed E-state index contributed by atoms with van der Waals surface area (Å²) in [5.74, 6) is 0. The molecule has 2 aliphatic carbocycles. The van der Waals surface area contributed by atoms with Crippen molar-refractivity contribution in [2.45, 2.75) is 64.3 Å². The van der Waals surface area contributed by atoms with Gasteiger partial charge in [0.05, 0.1) is 12.2 Å². The molecular formula is C13H25NO2. The molecule has 0 amide bonds. The van der Waals surface area contributed by atoms with E-state index >= 15 is 0 Å². The van der Waals surface area contributed by atoms with Crippen LogP contribution in [0.25, 0.3) is 0 Å². The van der Waals surface area contributed by atoms with E-state index in [1.165, 1.54) is 12.8 Å². The quantitative estimate of drug-likeness (QED) is 0.779. The maximum atomic E-state index is 5.57. The van der Waals surface area contributed by atoms with E-state index in [0.29, 0.717) is 24.3 Å². The van der Waals surface area contributed by atoms with Gasteiger partial charge in [0.2, 0.25) is 0 Å². The van der Waals surface area contributed by atoms with Crippen molar-refractivity contribution in [2.24, 2.45) is 5.41 Å². The first kappa shape index (κ1) is 12.3. The molecule has 2 unspecified atom stereocenters. The topological polar surface area (TPSA) is 30.5 Å². The van der Waals surface area contributed by atoms with Crippen molar-refractivity contribution in [3.8, 4) is 0 Å². The van der Waals surface area contributed by atoms with Crippen LogP contribution in [0.3, 0.4) is 0 Å². The molecule has 16 heavy (non-hydrogen) atoms. The highest BCUT2D eigenvalue weighted by atomic mass is 16.5. The predicted octanol–water partition coefficient (Wildman–Crippen LogP) is 1.96. The van der Waals surface area contributed by atoms with Gasteiger partial charge in [0.15, 0.2) is 0 Å². The van der Waals surface area contributed by atoms with Crippen LogP contribution in [0.1, 0.15) is 40.0 Å². The normalized spacial score (nSPS) is 41.2. The highest BCUT2D eigenvalue weighted by Gasteiger charge is 2.49. The monoisotopic (exact) mass is 227 g/mol. The number of ether oxygens (including phenoxy) is 2. The Morgan fingerprint density at radius 3 is 2.44 bits per heavy atom. The van der Waals surface area contributed by atoms with Gasteiger partial charge in [0.25, 0.3) is 0 Å². The molecule has 0 aromatic heterocycles. The van der Waals surface area contributed by atoms with Crippen molar-refractivity contribution in [2.75, 3.05) is 13.7 Å². The molecule has 2 saturated carbocycles. The Labute approximate surface area is 98.9 Å². The van der Waals surface area contributed by atoms with Crippen LogP contribution in [-0.2, 0) is 9.47 Å². The molecule has 0 aromatic carbocycles. The molecule has 0 bridgehead atoms. The van der Waals surface area contributed by atoms with Crippen LogP contribution in [0.4, 0.5) is 0 Å². The van der Waals surface area contributed by atoms with Gasteiger partial charge in [-0.15, -0.1) is 0 Å². The molecule has 0 aromatic rings. The van der Waals surface area contributed by atoms with E-state index in [9.17, 15) is 0 Å². The summed E-state index contributed by atoms with van der Waals surface area (Å²) in [5.41, 5.74) is 0.283. The van der Waals surface area contributed by atoms with Crippen LogP contribution in [-0.4, -0.2) is 38.0 Å². The molecule has 3 nitrogen and oxygen atoms in total. The van der Waals surface area contributed by atoms with Gasteiger partial charge in [-0.2, -0.15) is 0 Å². The van der Waals surface area contributed by atoms with Crippen LogP contribution >= 0.6 is 0 Å². The van der Waals surface area contributed by atoms with Crippen molar-refractivity contribution < 1.29 is 9.47 Å². The Bertz CT molecular complexity index is 236. The molecule has 2 fully saturated rings. The lowest BCUT2D eigenvalue weighted by molar-refractivity contribution is -0.109. The van der Waals surface area contributed by atoms with Gasteiger partial charge in [0, 0.05) is 31.2 Å². The second-order valence-corrected chi connectivity index (χ2v) is 5.75. The van der Waals surface area contributed by atoms with Crippen molar-refractivity contribution >= 4 is 0 Å². The van der Waals surface area contributed by atoms with Crippen LogP contribution in [0.2, 0.25) is 0 Å². The zero-order chi connectivity index (χ0) is 11.8. The van der Waals surface area contributed by atoms with Gasteiger partial charge in [0.1, 0.15) is 0 Å². The molecular weight excluding hydrogens is 202 g/mol. The highest BCUT2D eigenvalue weighted by Crippen LogP contribution is 2.43. The lowest BCUT2D eigenvalue weighted by Crippen LogP contribution is -2.64. The Balaban J connectivity index is 1.69. The summed E-state index contributed by atoms with van der Waals surface area (Å²) in [6, 6.07) is 1.28. The Morgan fingerprint density at radius 2 is 1.94 bits per heavy atom. The summed E-state index contributed by atoms with van der Waals surface area (Å²) in [6.07, 6.45) is 4.44. The van der Waals surface area contributed by atoms with Crippen molar-refractivity contribution in [1.29, 1.82) is 0 Å². The van der Waals surface area contributed by atoms with E-state index in [4.69, 9.17) is 9.47 Å². The molecule has 0 aliphatic heterocycles. The van der Waals surface area contributed by atoms with Crippen molar-refractivity contribution in [1.82, 2.24) is 5.32 Å². The lowest BCUT2D eigenvalue weighted by Gasteiger charge is -2.54. The average Bonchev–Trinajstić information content (AvgIpc) is 2.19. The maximum Gasteiger partial charge on any atom is 0.0652 e. The third kappa shape index (κ3) is 2.13. The summed E-state index contributed by atoms with van der Waals surface area (Å²) in [7, 11) is 1.82. The zero-order valence-corrected chi connectivity index (χ0v) is 11.0. The van der Waals surface area contributed by atoms with Gasteiger partial charge in [-0.3, -0.25) is 0 Å². The van der Waals surface area contributed by atoms with E-state index in [0.717, 1.165) is 13.0 Å². The number of rotatable bonds is 5. The maximum absolute atomic E-state index is 5.57. The van der Waals surface area contributed by atoms with E-state index in [1.54, 1.807) is 0 Å². The van der Waals surface area contributed by atoms with Gasteiger partial charge in [-0.05, 0) is 26.2 Å². The van der Waals surface area contributed by atoms with Gasteiger partial charge < -0.3 is 14.8 Å². The van der Waals surface area contributed by atoms with Crippen molar-refractivity contribution in [3.05, 3.63) is 0 Å². The summed E-state index contributed by atoms with van der Waals surface area (Å²) in [5, 5.41) is 3.74. The van der Waals surface area contributed by atoms with E-state index in [1.807, 2.05) is 7.11 Å². The Kier molecular flexibility index (Phi) is 3.57. The van der Waals surface area contributed by atoms with E-state index in [-0.39, 0.29) is 5.41 Å². The smallest absolute Gasteiger partial charge is 0.0652 e. The second kappa shape index (κ2) is 4.63. The predicted molar refractivity (Wildman–Crippen MR) is 64.6 cm³/mol. The Hall–Kier alpha value is -0.120. The minimum absolute atomic E-state index is 0.283. The fraction of sp³-hybridized carbons (Fsp3) is 1.00. The molecule has 0 radical (unpaired) electrons. The van der Waals surface area contributed by atoms with Gasteiger partial charge in [-0.1, -0.05) is 13.8 Å². The molecule has 0 heterocycles. The summed E-state index contributed by atoms with van der Waals surface area (Å²) in [4.78, 5) is 0. The SMILES string of the molecule is CCOC1CC(NC2CC(OC)C2(C)C)C1. The molecule has 0 spiro atoms. The Morgan fingerprint density at radius 1 is 1.25 bits per heavy atom. The number of methoxy groups -OCH3 is 1. The second-order valence-electron chi connectivity index (χ2n) is 5.75. The third-order valence-corrected chi connectivity index (χ3v) is 4.40. The summed E-state index contributed by atoms with van der Waals surface area (Å²) >= 11 is 0.